The summed E-state index contributed by atoms with van der Waals surface area (Å²) in [5, 5.41) is 6.05. The first kappa shape index (κ1) is 21.6. The van der Waals surface area contributed by atoms with Crippen molar-refractivity contribution in [2.24, 2.45) is 0 Å². The van der Waals surface area contributed by atoms with E-state index in [2.05, 4.69) is 20.5 Å². The van der Waals surface area contributed by atoms with E-state index in [1.807, 2.05) is 4.90 Å². The van der Waals surface area contributed by atoms with Gasteiger partial charge in [0.05, 0.1) is 18.3 Å². The Hall–Kier alpha value is -3.20. The molecule has 174 valence electrons. The Morgan fingerprint density at radius 2 is 2.06 bits per heavy atom. The highest BCUT2D eigenvalue weighted by Crippen LogP contribution is 2.32. The van der Waals surface area contributed by atoms with E-state index in [4.69, 9.17) is 4.74 Å². The number of carbonyl (C=O) groups excluding carboxylic acids is 2. The van der Waals surface area contributed by atoms with E-state index in [1.165, 1.54) is 19.0 Å². The van der Waals surface area contributed by atoms with Gasteiger partial charge in [-0.2, -0.15) is 4.39 Å². The lowest BCUT2D eigenvalue weighted by molar-refractivity contribution is -0.118. The molecule has 2 fully saturated rings. The molecule has 0 radical (unpaired) electrons. The van der Waals surface area contributed by atoms with Crippen LogP contribution in [-0.2, 0) is 4.79 Å². The quantitative estimate of drug-likeness (QED) is 0.683. The fourth-order valence-corrected chi connectivity index (χ4v) is 4.86. The largest absolute Gasteiger partial charge is 0.490 e. The second kappa shape index (κ2) is 9.35. The third-order valence-electron chi connectivity index (χ3n) is 6.68. The lowest BCUT2D eigenvalue weighted by Crippen LogP contribution is -2.60. The minimum absolute atomic E-state index is 0.0330. The number of halogens is 1. The average Bonchev–Trinajstić information content (AvgIpc) is 3.33. The molecule has 1 saturated heterocycles. The third-order valence-corrected chi connectivity index (χ3v) is 6.68. The maximum Gasteiger partial charge on any atom is 0.317 e. The summed E-state index contributed by atoms with van der Waals surface area (Å²) in [6.07, 6.45) is 5.81. The Labute approximate surface area is 192 Å². The number of hydrogen-bond donors (Lipinski definition) is 2. The second-order valence-electron chi connectivity index (χ2n) is 8.91. The molecule has 2 aromatic rings. The number of benzene rings is 1. The van der Waals surface area contributed by atoms with Gasteiger partial charge in [0.2, 0.25) is 11.9 Å². The number of rotatable bonds is 2. The van der Waals surface area contributed by atoms with Crippen molar-refractivity contribution in [3.8, 4) is 16.9 Å². The van der Waals surface area contributed by atoms with Crippen LogP contribution in [0.25, 0.3) is 11.1 Å². The van der Waals surface area contributed by atoms with E-state index in [1.54, 1.807) is 30.3 Å². The lowest BCUT2D eigenvalue weighted by Gasteiger charge is -2.40. The summed E-state index contributed by atoms with van der Waals surface area (Å²) in [5.74, 6) is -0.217. The van der Waals surface area contributed by atoms with Gasteiger partial charge in [0, 0.05) is 37.4 Å². The Balaban J connectivity index is 1.31. The first-order valence-electron chi connectivity index (χ1n) is 11.5. The van der Waals surface area contributed by atoms with E-state index < -0.39 is 5.95 Å². The number of anilines is 1. The summed E-state index contributed by atoms with van der Waals surface area (Å²) in [6.45, 7) is 2.22. The molecule has 1 aliphatic carbocycles. The Morgan fingerprint density at radius 1 is 1.21 bits per heavy atom. The number of ether oxygens (including phenoxy) is 1. The van der Waals surface area contributed by atoms with Gasteiger partial charge in [-0.15, -0.1) is 0 Å². The number of carbonyl (C=O) groups is 2. The monoisotopic (exact) mass is 453 g/mol. The van der Waals surface area contributed by atoms with Gasteiger partial charge in [-0.1, -0.05) is 18.9 Å². The second-order valence-corrected chi connectivity index (χ2v) is 8.91. The van der Waals surface area contributed by atoms with Crippen LogP contribution in [0.2, 0.25) is 0 Å². The maximum atomic E-state index is 14.2. The highest BCUT2D eigenvalue weighted by atomic mass is 19.1. The fraction of sp³-hybridized carbons (Fsp3) is 0.458. The molecule has 0 unspecified atom stereocenters. The SMILES string of the molecule is O=C1CN2CCN(C(=O)NC3CCCC3)C[C@@H]2COc2ccc(-c3cccnc3F)cc2N1. The minimum atomic E-state index is -0.569. The number of nitrogens with zero attached hydrogens (tertiary/aromatic N) is 3. The zero-order chi connectivity index (χ0) is 22.8. The highest BCUT2D eigenvalue weighted by molar-refractivity contribution is 5.94. The number of fused-ring (bicyclic) bond motifs is 2. The first-order valence-corrected chi connectivity index (χ1v) is 11.5. The number of hydrogen-bond acceptors (Lipinski definition) is 5. The molecule has 3 heterocycles. The first-order chi connectivity index (χ1) is 16.1. The Morgan fingerprint density at radius 3 is 2.88 bits per heavy atom. The van der Waals surface area contributed by atoms with Crippen molar-refractivity contribution in [3.63, 3.8) is 0 Å². The van der Waals surface area contributed by atoms with Gasteiger partial charge in [-0.3, -0.25) is 9.69 Å². The average molecular weight is 454 g/mol. The summed E-state index contributed by atoms with van der Waals surface area (Å²) < 4.78 is 20.2. The molecule has 2 aliphatic heterocycles. The van der Waals surface area contributed by atoms with Crippen LogP contribution in [0.1, 0.15) is 25.7 Å². The summed E-state index contributed by atoms with van der Waals surface area (Å²) in [6, 6.07) is 8.65. The van der Waals surface area contributed by atoms with Crippen molar-refractivity contribution in [1.82, 2.24) is 20.1 Å². The minimum Gasteiger partial charge on any atom is -0.490 e. The molecule has 9 heteroatoms. The molecule has 33 heavy (non-hydrogen) atoms. The van der Waals surface area contributed by atoms with Crippen LogP contribution in [0, 0.1) is 5.95 Å². The highest BCUT2D eigenvalue weighted by Gasteiger charge is 2.33. The van der Waals surface area contributed by atoms with Gasteiger partial charge in [0.1, 0.15) is 12.4 Å². The molecule has 1 aromatic heterocycles. The van der Waals surface area contributed by atoms with Gasteiger partial charge in [-0.25, -0.2) is 9.78 Å². The van der Waals surface area contributed by atoms with Crippen molar-refractivity contribution < 1.29 is 18.7 Å². The molecule has 5 rings (SSSR count). The Bertz CT molecular complexity index is 1040. The number of urea groups is 1. The molecule has 8 nitrogen and oxygen atoms in total. The normalized spacial score (nSPS) is 21.7. The van der Waals surface area contributed by atoms with E-state index >= 15 is 0 Å². The van der Waals surface area contributed by atoms with Gasteiger partial charge < -0.3 is 20.3 Å². The number of nitrogens with one attached hydrogen (secondary N) is 2. The predicted molar refractivity (Wildman–Crippen MR) is 121 cm³/mol. The summed E-state index contributed by atoms with van der Waals surface area (Å²) in [7, 11) is 0. The van der Waals surface area contributed by atoms with Crippen LogP contribution in [0.15, 0.2) is 36.5 Å². The van der Waals surface area contributed by atoms with E-state index in [0.717, 1.165) is 12.8 Å². The molecule has 0 spiro atoms. The molecule has 3 amide bonds. The zero-order valence-electron chi connectivity index (χ0n) is 18.4. The van der Waals surface area contributed by atoms with Crippen molar-refractivity contribution in [2.45, 2.75) is 37.8 Å². The standard InChI is InChI=1S/C24H28FN5O3/c25-23-19(6-3-9-26-23)16-7-8-21-20(12-16)28-22(31)14-29-10-11-30(13-18(29)15-33-21)24(32)27-17-4-1-2-5-17/h3,6-9,12,17-18H,1-2,4-5,10-11,13-15H2,(H,27,32)(H,28,31)/t18-/m1/s1. The van der Waals surface area contributed by atoms with Crippen LogP contribution in [0.4, 0.5) is 14.9 Å². The van der Waals surface area contributed by atoms with Crippen LogP contribution in [0.5, 0.6) is 5.75 Å². The zero-order valence-corrected chi connectivity index (χ0v) is 18.4. The number of pyridine rings is 1. The summed E-state index contributed by atoms with van der Waals surface area (Å²) in [5.41, 5.74) is 1.46. The topological polar surface area (TPSA) is 86.8 Å². The third kappa shape index (κ3) is 4.78. The van der Waals surface area contributed by atoms with E-state index in [0.29, 0.717) is 48.8 Å². The number of piperazine rings is 1. The summed E-state index contributed by atoms with van der Waals surface area (Å²) in [4.78, 5) is 33.1. The molecule has 3 aliphatic rings. The van der Waals surface area contributed by atoms with Crippen LogP contribution in [-0.4, -0.2) is 71.6 Å². The van der Waals surface area contributed by atoms with E-state index in [-0.39, 0.29) is 30.6 Å². The maximum absolute atomic E-state index is 14.2. The van der Waals surface area contributed by atoms with Gasteiger partial charge in [0.25, 0.3) is 0 Å². The molecule has 0 bridgehead atoms. The predicted octanol–water partition coefficient (Wildman–Crippen LogP) is 2.86. The smallest absolute Gasteiger partial charge is 0.317 e. The van der Waals surface area contributed by atoms with Crippen molar-refractivity contribution in [1.29, 1.82) is 0 Å². The molecule has 1 atom stereocenters. The molecule has 1 saturated carbocycles. The number of aromatic nitrogens is 1. The van der Waals surface area contributed by atoms with Crippen LogP contribution >= 0.6 is 0 Å². The van der Waals surface area contributed by atoms with Crippen molar-refractivity contribution >= 4 is 17.6 Å². The summed E-state index contributed by atoms with van der Waals surface area (Å²) >= 11 is 0. The molecular weight excluding hydrogens is 425 g/mol. The van der Waals surface area contributed by atoms with Crippen molar-refractivity contribution in [2.75, 3.05) is 38.1 Å². The van der Waals surface area contributed by atoms with Gasteiger partial charge >= 0.3 is 6.03 Å². The van der Waals surface area contributed by atoms with Crippen LogP contribution in [0.3, 0.4) is 0 Å². The molecule has 1 aromatic carbocycles. The Kier molecular flexibility index (Phi) is 6.13. The van der Waals surface area contributed by atoms with Crippen LogP contribution < -0.4 is 15.4 Å². The van der Waals surface area contributed by atoms with Crippen molar-refractivity contribution in [3.05, 3.63) is 42.5 Å². The number of amides is 3. The van der Waals surface area contributed by atoms with Gasteiger partial charge in [-0.05, 0) is 42.7 Å². The van der Waals surface area contributed by atoms with E-state index in [9.17, 15) is 14.0 Å². The fourth-order valence-electron chi connectivity index (χ4n) is 4.86. The lowest BCUT2D eigenvalue weighted by atomic mass is 10.1. The van der Waals surface area contributed by atoms with Gasteiger partial charge in [0.15, 0.2) is 0 Å². The molecular formula is C24H28FN5O3. The molecule has 2 N–H and O–H groups in total.